The number of methoxy groups -OCH3 is 2. The number of aromatic nitrogens is 4. The fourth-order valence-electron chi connectivity index (χ4n) is 4.61. The lowest BCUT2D eigenvalue weighted by molar-refractivity contribution is -0.0335. The van der Waals surface area contributed by atoms with Gasteiger partial charge in [0.15, 0.2) is 5.65 Å². The number of amides is 1. The van der Waals surface area contributed by atoms with E-state index in [4.69, 9.17) is 43.1 Å². The lowest BCUT2D eigenvalue weighted by Crippen LogP contribution is -2.52. The summed E-state index contributed by atoms with van der Waals surface area (Å²) in [5.41, 5.74) is 9.53. The van der Waals surface area contributed by atoms with Crippen LogP contribution in [0.15, 0.2) is 42.7 Å². The van der Waals surface area contributed by atoms with Gasteiger partial charge in [0.1, 0.15) is 33.6 Å². The fourth-order valence-corrected chi connectivity index (χ4v) is 5.03. The number of nitrogens with zero attached hydrogens (tertiary/aromatic N) is 5. The van der Waals surface area contributed by atoms with Crippen molar-refractivity contribution in [1.82, 2.24) is 24.8 Å². The smallest absolute Gasteiger partial charge is 0.328 e. The molecular formula is C27H29Cl2N7O4. The molecule has 1 fully saturated rings. The molecule has 4 aromatic rings. The number of ether oxygens (including phenoxy) is 3. The Morgan fingerprint density at radius 3 is 2.62 bits per heavy atom. The van der Waals surface area contributed by atoms with E-state index in [0.29, 0.717) is 45.7 Å². The van der Waals surface area contributed by atoms with Crippen LogP contribution in [0.1, 0.15) is 24.1 Å². The van der Waals surface area contributed by atoms with E-state index in [2.05, 4.69) is 20.3 Å². The van der Waals surface area contributed by atoms with Crippen molar-refractivity contribution in [1.29, 1.82) is 0 Å². The third-order valence-corrected chi connectivity index (χ3v) is 7.21. The van der Waals surface area contributed by atoms with Crippen LogP contribution in [0.2, 0.25) is 10.3 Å². The number of hydrogen-bond donors (Lipinski definition) is 2. The highest BCUT2D eigenvalue weighted by Gasteiger charge is 2.34. The first-order valence-corrected chi connectivity index (χ1v) is 13.3. The zero-order valence-corrected chi connectivity index (χ0v) is 23.7. The van der Waals surface area contributed by atoms with Crippen LogP contribution in [0, 0.1) is 0 Å². The maximum absolute atomic E-state index is 13.2. The van der Waals surface area contributed by atoms with E-state index in [1.165, 1.54) is 10.9 Å². The second-order valence-corrected chi connectivity index (χ2v) is 10.3. The molecule has 0 aliphatic heterocycles. The molecule has 1 saturated carbocycles. The number of carbonyl (C=O) groups is 1. The number of pyridine rings is 2. The number of rotatable bonds is 9. The molecule has 3 N–H and O–H groups in total. The summed E-state index contributed by atoms with van der Waals surface area (Å²) in [5.74, 6) is 1.40. The molecular weight excluding hydrogens is 557 g/mol. The summed E-state index contributed by atoms with van der Waals surface area (Å²) in [7, 11) is 5.13. The maximum atomic E-state index is 13.2. The number of halogens is 2. The van der Waals surface area contributed by atoms with Gasteiger partial charge >= 0.3 is 6.03 Å². The van der Waals surface area contributed by atoms with Crippen molar-refractivity contribution in [2.45, 2.75) is 38.1 Å². The quantitative estimate of drug-likeness (QED) is 0.269. The summed E-state index contributed by atoms with van der Waals surface area (Å²) >= 11 is 12.4. The summed E-state index contributed by atoms with van der Waals surface area (Å²) in [6.07, 6.45) is 2.86. The average Bonchev–Trinajstić information content (AvgIpc) is 3.34. The summed E-state index contributed by atoms with van der Waals surface area (Å²) in [4.78, 5) is 28.3. The molecule has 1 aromatic carbocycles. The molecule has 3 aromatic heterocycles. The maximum Gasteiger partial charge on any atom is 0.328 e. The third kappa shape index (κ3) is 5.86. The number of carbonyl (C=O) groups excluding carboxylic acids is 1. The zero-order valence-electron chi connectivity index (χ0n) is 22.2. The van der Waals surface area contributed by atoms with E-state index >= 15 is 0 Å². The number of hydrogen-bond acceptors (Lipinski definition) is 9. The molecule has 2 atom stereocenters. The first-order chi connectivity index (χ1) is 19.2. The molecule has 40 heavy (non-hydrogen) atoms. The van der Waals surface area contributed by atoms with Gasteiger partial charge in [0.25, 0.3) is 0 Å². The first kappa shape index (κ1) is 27.8. The molecule has 1 aliphatic carbocycles. The highest BCUT2D eigenvalue weighted by Crippen LogP contribution is 2.31. The number of imidazole rings is 1. The summed E-state index contributed by atoms with van der Waals surface area (Å²) < 4.78 is 18.2. The van der Waals surface area contributed by atoms with Crippen LogP contribution in [0.25, 0.3) is 11.2 Å². The molecule has 13 heteroatoms. The van der Waals surface area contributed by atoms with Gasteiger partial charge in [-0.25, -0.2) is 24.3 Å². The topological polar surface area (TPSA) is 130 Å². The molecule has 0 saturated heterocycles. The van der Waals surface area contributed by atoms with Gasteiger partial charge in [-0.2, -0.15) is 0 Å². The lowest BCUT2D eigenvalue weighted by atomic mass is 9.89. The van der Waals surface area contributed by atoms with E-state index in [-0.39, 0.29) is 29.9 Å². The normalized spacial score (nSPS) is 16.4. The lowest BCUT2D eigenvalue weighted by Gasteiger charge is -2.36. The van der Waals surface area contributed by atoms with E-state index in [9.17, 15) is 4.79 Å². The van der Waals surface area contributed by atoms with Gasteiger partial charge in [-0.15, -0.1) is 0 Å². The number of fused-ring (bicyclic) bond motifs is 1. The van der Waals surface area contributed by atoms with Gasteiger partial charge in [0.2, 0.25) is 0 Å². The van der Waals surface area contributed by atoms with Crippen LogP contribution in [-0.4, -0.2) is 59.0 Å². The van der Waals surface area contributed by atoms with E-state index in [0.717, 1.165) is 24.1 Å². The van der Waals surface area contributed by atoms with Gasteiger partial charge in [-0.1, -0.05) is 23.2 Å². The second-order valence-electron chi connectivity index (χ2n) is 9.48. The van der Waals surface area contributed by atoms with Gasteiger partial charge < -0.3 is 30.2 Å². The molecule has 1 aliphatic rings. The second kappa shape index (κ2) is 11.7. The van der Waals surface area contributed by atoms with Gasteiger partial charge in [0, 0.05) is 37.0 Å². The largest absolute Gasteiger partial charge is 0.497 e. The zero-order chi connectivity index (χ0) is 28.4. The van der Waals surface area contributed by atoms with Crippen molar-refractivity contribution < 1.29 is 19.0 Å². The molecule has 5 rings (SSSR count). The number of nitrogen functional groups attached to an aromatic ring is 1. The third-order valence-electron chi connectivity index (χ3n) is 6.82. The number of nitrogens with two attached hydrogens (primary N) is 1. The van der Waals surface area contributed by atoms with Crippen molar-refractivity contribution in [3.63, 3.8) is 0 Å². The van der Waals surface area contributed by atoms with Gasteiger partial charge in [0.05, 0.1) is 44.4 Å². The van der Waals surface area contributed by atoms with Crippen molar-refractivity contribution >= 4 is 51.8 Å². The summed E-state index contributed by atoms with van der Waals surface area (Å²) in [6.45, 7) is 0.734. The number of nitrogens with one attached hydrogen (secondary N) is 1. The molecule has 0 unspecified atom stereocenters. The Balaban J connectivity index is 1.29. The molecule has 3 heterocycles. The Bertz CT molecular complexity index is 1530. The monoisotopic (exact) mass is 585 g/mol. The van der Waals surface area contributed by atoms with Crippen LogP contribution in [-0.2, 0) is 17.9 Å². The molecule has 11 nitrogen and oxygen atoms in total. The number of anilines is 2. The minimum atomic E-state index is -0.369. The molecule has 0 radical (unpaired) electrons. The molecule has 210 valence electrons. The Kier molecular flexibility index (Phi) is 8.15. The average molecular weight is 586 g/mol. The van der Waals surface area contributed by atoms with Crippen LogP contribution < -0.4 is 25.4 Å². The standard InChI is InChI=1S/C27H29Cl2N7O4/c1-35(12-15-4-5-18(38-2)10-22(15)39-3)20-11-24(29)34-26-25(20)31-14-36(26)27(37)33-19-6-7-21(19)40-13-17-8-16(30)9-23(28)32-17/h4-5,8-11,14,19,21H,6-7,12-13H2,1-3H3,(H2,30,32)(H,33,37)/t19-,21-/m1/s1. The van der Waals surface area contributed by atoms with Crippen LogP contribution in [0.4, 0.5) is 16.2 Å². The van der Waals surface area contributed by atoms with E-state index < -0.39 is 0 Å². The van der Waals surface area contributed by atoms with Crippen molar-refractivity contribution in [2.24, 2.45) is 0 Å². The minimum absolute atomic E-state index is 0.168. The summed E-state index contributed by atoms with van der Waals surface area (Å²) in [5, 5.41) is 3.56. The Labute approximate surface area is 241 Å². The highest BCUT2D eigenvalue weighted by molar-refractivity contribution is 6.30. The van der Waals surface area contributed by atoms with Crippen molar-refractivity contribution in [3.05, 3.63) is 64.3 Å². The van der Waals surface area contributed by atoms with Crippen LogP contribution >= 0.6 is 23.2 Å². The van der Waals surface area contributed by atoms with Crippen LogP contribution in [0.3, 0.4) is 0 Å². The van der Waals surface area contributed by atoms with Crippen molar-refractivity contribution in [2.75, 3.05) is 31.9 Å². The molecule has 0 spiro atoms. The van der Waals surface area contributed by atoms with Gasteiger partial charge in [-0.05, 0) is 37.1 Å². The predicted octanol–water partition coefficient (Wildman–Crippen LogP) is 4.67. The highest BCUT2D eigenvalue weighted by atomic mass is 35.5. The minimum Gasteiger partial charge on any atom is -0.497 e. The first-order valence-electron chi connectivity index (χ1n) is 12.6. The predicted molar refractivity (Wildman–Crippen MR) is 153 cm³/mol. The van der Waals surface area contributed by atoms with Crippen LogP contribution in [0.5, 0.6) is 11.5 Å². The van der Waals surface area contributed by atoms with E-state index in [1.807, 2.05) is 30.1 Å². The Morgan fingerprint density at radius 1 is 1.12 bits per heavy atom. The Hall–Kier alpha value is -3.80. The van der Waals surface area contributed by atoms with Crippen molar-refractivity contribution in [3.8, 4) is 11.5 Å². The SMILES string of the molecule is COc1ccc(CN(C)c2cc(Cl)nc3c2ncn3C(=O)N[C@@H]2CC[C@H]2OCc2cc(N)cc(Cl)n2)c(OC)c1. The number of benzene rings is 1. The molecule has 1 amide bonds. The van der Waals surface area contributed by atoms with Gasteiger partial charge in [-0.3, -0.25) is 0 Å². The van der Waals surface area contributed by atoms with E-state index in [1.54, 1.807) is 32.4 Å². The fraction of sp³-hybridized carbons (Fsp3) is 0.333. The molecule has 0 bridgehead atoms. The summed E-state index contributed by atoms with van der Waals surface area (Å²) in [6, 6.07) is 10.1. The Morgan fingerprint density at radius 2 is 1.93 bits per heavy atom.